The highest BCUT2D eigenvalue weighted by molar-refractivity contribution is 7.71. The van der Waals surface area contributed by atoms with E-state index in [0.29, 0.717) is 24.4 Å². The maximum atomic E-state index is 12.7. The largest absolute Gasteiger partial charge is 0.416 e. The molecule has 28 heavy (non-hydrogen) atoms. The van der Waals surface area contributed by atoms with Crippen molar-refractivity contribution in [2.24, 2.45) is 7.05 Å². The Bertz CT molecular complexity index is 975. The second kappa shape index (κ2) is 8.28. The van der Waals surface area contributed by atoms with Crippen LogP contribution in [-0.2, 0) is 32.9 Å². The summed E-state index contributed by atoms with van der Waals surface area (Å²) in [5.74, 6) is 0.874. The van der Waals surface area contributed by atoms with Gasteiger partial charge in [0.1, 0.15) is 12.4 Å². The highest BCUT2D eigenvalue weighted by Crippen LogP contribution is 2.28. The summed E-state index contributed by atoms with van der Waals surface area (Å²) in [6, 6.07) is 15.3. The smallest absolute Gasteiger partial charge is 0.315 e. The molecule has 0 aliphatic carbocycles. The summed E-state index contributed by atoms with van der Waals surface area (Å²) in [7, 11) is 3.86. The minimum atomic E-state index is -4.31. The molecule has 0 fully saturated rings. The summed E-state index contributed by atoms with van der Waals surface area (Å²) in [5, 5.41) is 4.64. The standard InChI is InChI=1S/C20H21F3N4S/c1-25(13-16-8-10-17(11-9-16)20(21,22)23)14-27-19(28)26(2)18(24-27)12-15-6-4-3-5-7-15/h3-11H,12-14H2,1-2H3/p+1. The van der Waals surface area contributed by atoms with E-state index in [2.05, 4.69) is 5.10 Å². The van der Waals surface area contributed by atoms with Gasteiger partial charge in [-0.15, -0.1) is 0 Å². The maximum absolute atomic E-state index is 12.7. The number of hydrogen-bond donors (Lipinski definition) is 1. The van der Waals surface area contributed by atoms with Crippen molar-refractivity contribution in [3.05, 3.63) is 81.9 Å². The van der Waals surface area contributed by atoms with Gasteiger partial charge < -0.3 is 9.47 Å². The number of halogens is 3. The van der Waals surface area contributed by atoms with Gasteiger partial charge in [-0.2, -0.15) is 23.0 Å². The molecular formula is C20H22F3N4S+. The minimum Gasteiger partial charge on any atom is -0.315 e. The number of nitrogens with zero attached hydrogens (tertiary/aromatic N) is 3. The number of aromatic nitrogens is 3. The van der Waals surface area contributed by atoms with Crippen LogP contribution in [0.5, 0.6) is 0 Å². The van der Waals surface area contributed by atoms with Crippen LogP contribution in [0.25, 0.3) is 0 Å². The zero-order valence-corrected chi connectivity index (χ0v) is 16.5. The van der Waals surface area contributed by atoms with Gasteiger partial charge in [-0.3, -0.25) is 0 Å². The van der Waals surface area contributed by atoms with Gasteiger partial charge in [-0.1, -0.05) is 42.5 Å². The van der Waals surface area contributed by atoms with Crippen LogP contribution in [0.3, 0.4) is 0 Å². The van der Waals surface area contributed by atoms with Crippen molar-refractivity contribution >= 4 is 12.2 Å². The Morgan fingerprint density at radius 1 is 1.00 bits per heavy atom. The average molecular weight is 407 g/mol. The lowest BCUT2D eigenvalue weighted by atomic mass is 10.1. The molecule has 1 unspecified atom stereocenters. The van der Waals surface area contributed by atoms with Gasteiger partial charge in [0, 0.05) is 19.0 Å². The summed E-state index contributed by atoms with van der Waals surface area (Å²) in [4.78, 5) is 1.07. The molecule has 148 valence electrons. The Hall–Kier alpha value is -2.45. The van der Waals surface area contributed by atoms with Gasteiger partial charge >= 0.3 is 6.18 Å². The molecule has 3 rings (SSSR count). The molecule has 3 aromatic rings. The topological polar surface area (TPSA) is 27.2 Å². The third-order valence-electron chi connectivity index (χ3n) is 4.54. The summed E-state index contributed by atoms with van der Waals surface area (Å²) in [6.45, 7) is 1.10. The van der Waals surface area contributed by atoms with Crippen LogP contribution in [0.1, 0.15) is 22.5 Å². The molecule has 2 aromatic carbocycles. The van der Waals surface area contributed by atoms with Crippen molar-refractivity contribution in [2.75, 3.05) is 7.05 Å². The van der Waals surface area contributed by atoms with Gasteiger partial charge in [0.25, 0.3) is 0 Å². The molecule has 0 radical (unpaired) electrons. The lowest BCUT2D eigenvalue weighted by molar-refractivity contribution is -0.917. The SMILES string of the molecule is Cn1c(Cc2ccccc2)nn(C[NH+](C)Cc2ccc(C(F)(F)F)cc2)c1=S. The second-order valence-corrected chi connectivity index (χ2v) is 7.27. The van der Waals surface area contributed by atoms with E-state index in [0.717, 1.165) is 34.0 Å². The predicted molar refractivity (Wildman–Crippen MR) is 103 cm³/mol. The van der Waals surface area contributed by atoms with Gasteiger partial charge in [0.15, 0.2) is 6.67 Å². The number of quaternary nitrogens is 1. The van der Waals surface area contributed by atoms with Crippen LogP contribution in [0.2, 0.25) is 0 Å². The first kappa shape index (κ1) is 20.3. The third kappa shape index (κ3) is 4.88. The van der Waals surface area contributed by atoms with Crippen LogP contribution >= 0.6 is 12.2 Å². The van der Waals surface area contributed by atoms with E-state index in [4.69, 9.17) is 12.2 Å². The third-order valence-corrected chi connectivity index (χ3v) is 5.03. The fraction of sp³-hybridized carbons (Fsp3) is 0.300. The molecular weight excluding hydrogens is 385 g/mol. The number of alkyl halides is 3. The van der Waals surface area contributed by atoms with Crippen molar-refractivity contribution < 1.29 is 18.1 Å². The highest BCUT2D eigenvalue weighted by Gasteiger charge is 2.30. The summed E-state index contributed by atoms with van der Waals surface area (Å²) in [5.41, 5.74) is 1.35. The van der Waals surface area contributed by atoms with E-state index in [1.165, 1.54) is 12.1 Å². The van der Waals surface area contributed by atoms with Crippen molar-refractivity contribution in [2.45, 2.75) is 25.8 Å². The molecule has 0 aliphatic heterocycles. The van der Waals surface area contributed by atoms with E-state index in [1.54, 1.807) is 4.68 Å². The summed E-state index contributed by atoms with van der Waals surface area (Å²) in [6.07, 6.45) is -3.63. The monoisotopic (exact) mass is 407 g/mol. The molecule has 0 aliphatic rings. The molecule has 1 atom stereocenters. The molecule has 0 saturated heterocycles. The molecule has 8 heteroatoms. The molecule has 0 spiro atoms. The zero-order valence-electron chi connectivity index (χ0n) is 15.7. The Kier molecular flexibility index (Phi) is 6.00. The molecule has 1 aromatic heterocycles. The summed E-state index contributed by atoms with van der Waals surface area (Å²) >= 11 is 5.50. The van der Waals surface area contributed by atoms with Crippen molar-refractivity contribution in [3.8, 4) is 0 Å². The molecule has 1 heterocycles. The van der Waals surface area contributed by atoms with E-state index in [9.17, 15) is 13.2 Å². The Labute approximate surface area is 166 Å². The number of rotatable bonds is 6. The number of hydrogen-bond acceptors (Lipinski definition) is 2. The van der Waals surface area contributed by atoms with Gasteiger partial charge in [-0.05, 0) is 29.9 Å². The molecule has 4 nitrogen and oxygen atoms in total. The van der Waals surface area contributed by atoms with Crippen LogP contribution in [0.15, 0.2) is 54.6 Å². The number of nitrogens with one attached hydrogen (secondary N) is 1. The minimum absolute atomic E-state index is 0.530. The van der Waals surface area contributed by atoms with Gasteiger partial charge in [0.2, 0.25) is 4.77 Å². The zero-order chi connectivity index (χ0) is 20.3. The fourth-order valence-electron chi connectivity index (χ4n) is 3.04. The van der Waals surface area contributed by atoms with Gasteiger partial charge in [0.05, 0.1) is 12.6 Å². The molecule has 0 bridgehead atoms. The normalized spacial score (nSPS) is 12.9. The van der Waals surface area contributed by atoms with Gasteiger partial charge in [-0.25, -0.2) is 0 Å². The lowest BCUT2D eigenvalue weighted by Crippen LogP contribution is -3.07. The first-order valence-corrected chi connectivity index (χ1v) is 9.29. The van der Waals surface area contributed by atoms with E-state index >= 15 is 0 Å². The second-order valence-electron chi connectivity index (χ2n) is 6.91. The van der Waals surface area contributed by atoms with E-state index in [-0.39, 0.29) is 0 Å². The van der Waals surface area contributed by atoms with Crippen LogP contribution < -0.4 is 4.90 Å². The quantitative estimate of drug-likeness (QED) is 0.636. The first-order chi connectivity index (χ1) is 13.2. The van der Waals surface area contributed by atoms with Crippen LogP contribution in [0.4, 0.5) is 13.2 Å². The lowest BCUT2D eigenvalue weighted by Gasteiger charge is -2.14. The van der Waals surface area contributed by atoms with E-state index in [1.807, 2.05) is 49.0 Å². The molecule has 0 saturated carbocycles. The van der Waals surface area contributed by atoms with E-state index < -0.39 is 11.7 Å². The summed E-state index contributed by atoms with van der Waals surface area (Å²) < 4.78 is 42.3. The highest BCUT2D eigenvalue weighted by atomic mass is 32.1. The van der Waals surface area contributed by atoms with Crippen molar-refractivity contribution in [1.29, 1.82) is 0 Å². The number of benzene rings is 2. The van der Waals surface area contributed by atoms with Crippen LogP contribution in [-0.4, -0.2) is 21.4 Å². The van der Waals surface area contributed by atoms with Crippen molar-refractivity contribution in [1.82, 2.24) is 14.3 Å². The Morgan fingerprint density at radius 2 is 1.64 bits per heavy atom. The molecule has 1 N–H and O–H groups in total. The Balaban J connectivity index is 1.68. The van der Waals surface area contributed by atoms with Crippen molar-refractivity contribution in [3.63, 3.8) is 0 Å². The molecule has 0 amide bonds. The predicted octanol–water partition coefficient (Wildman–Crippen LogP) is 3.23. The average Bonchev–Trinajstić information content (AvgIpc) is 2.90. The van der Waals surface area contributed by atoms with Crippen LogP contribution in [0, 0.1) is 4.77 Å². The maximum Gasteiger partial charge on any atom is 0.416 e. The Morgan fingerprint density at radius 3 is 2.25 bits per heavy atom. The first-order valence-electron chi connectivity index (χ1n) is 8.88. The fourth-order valence-corrected chi connectivity index (χ4v) is 3.25.